The number of aldehydes is 1. The lowest BCUT2D eigenvalue weighted by Gasteiger charge is -2.38. The van der Waals surface area contributed by atoms with E-state index in [1.165, 1.54) is 16.7 Å². The van der Waals surface area contributed by atoms with Gasteiger partial charge in [-0.2, -0.15) is 0 Å². The highest BCUT2D eigenvalue weighted by atomic mass is 16.6. The maximum atomic E-state index is 12.1. The fourth-order valence-electron chi connectivity index (χ4n) is 7.54. The predicted molar refractivity (Wildman–Crippen MR) is 183 cm³/mol. The lowest BCUT2D eigenvalue weighted by atomic mass is 9.86. The van der Waals surface area contributed by atoms with E-state index < -0.39 is 0 Å². The molecule has 4 aliphatic rings. The van der Waals surface area contributed by atoms with Crippen LogP contribution in [0.25, 0.3) is 0 Å². The number of carbonyl (C=O) groups is 1. The summed E-state index contributed by atoms with van der Waals surface area (Å²) in [4.78, 5) is 16.8. The van der Waals surface area contributed by atoms with Crippen LogP contribution in [0.1, 0.15) is 55.8 Å². The summed E-state index contributed by atoms with van der Waals surface area (Å²) in [6.07, 6.45) is 3.88. The summed E-state index contributed by atoms with van der Waals surface area (Å²) in [5.74, 6) is 4.62. The number of methoxy groups -OCH3 is 4. The molecule has 0 amide bonds. The number of hydrogen-bond acceptors (Lipinski definition) is 9. The lowest BCUT2D eigenvalue weighted by Crippen LogP contribution is -2.34. The van der Waals surface area contributed by atoms with Crippen molar-refractivity contribution < 1.29 is 33.2 Å². The van der Waals surface area contributed by atoms with Crippen molar-refractivity contribution in [1.29, 1.82) is 0 Å². The van der Waals surface area contributed by atoms with Crippen LogP contribution in [0.5, 0.6) is 46.0 Å². The van der Waals surface area contributed by atoms with Gasteiger partial charge in [-0.1, -0.05) is 18.2 Å². The second-order valence-electron chi connectivity index (χ2n) is 12.8. The van der Waals surface area contributed by atoms with Crippen LogP contribution in [0.2, 0.25) is 0 Å². The molecule has 0 fully saturated rings. The standard InChI is InChI=1S/C39H42N2O7/c1-40-15-13-25-20-33(43-3)34-21-29(25)30(40)17-23-8-11-27(12-9-23)47-32-19-24(7-10-26(32)22-42)18-31-35-28(14-16-41(31)2)36(44-4)38(45-5)39(46-6)37(35)48-34/h7-12,19-22,30-31H,13-18H2,1-6H3/t30-,31+/m0/s1. The van der Waals surface area contributed by atoms with Gasteiger partial charge in [-0.15, -0.1) is 0 Å². The highest BCUT2D eigenvalue weighted by Crippen LogP contribution is 2.56. The van der Waals surface area contributed by atoms with Crippen LogP contribution in [0.4, 0.5) is 0 Å². The SMILES string of the molecule is COc1cc2c3cc1Oc1c(OC)c(OC)c(OC)c4c1[C@@H](Cc1ccc(C=O)c(c1)Oc1ccc(cc1)C[C@@H]3N(C)CC2)N(C)CC4. The maximum absolute atomic E-state index is 12.1. The van der Waals surface area contributed by atoms with E-state index in [-0.39, 0.29) is 12.1 Å². The van der Waals surface area contributed by atoms with E-state index in [1.54, 1.807) is 28.4 Å². The Labute approximate surface area is 281 Å². The number of rotatable bonds is 5. The average Bonchev–Trinajstić information content (AvgIpc) is 3.10. The molecule has 0 N–H and O–H groups in total. The molecule has 9 heteroatoms. The molecule has 4 aromatic carbocycles. The van der Waals surface area contributed by atoms with Gasteiger partial charge in [0.05, 0.1) is 34.0 Å². The number of benzene rings is 4. The third-order valence-electron chi connectivity index (χ3n) is 10.1. The van der Waals surface area contributed by atoms with Crippen molar-refractivity contribution in [2.24, 2.45) is 0 Å². The minimum atomic E-state index is -0.131. The van der Waals surface area contributed by atoms with Crippen LogP contribution in [0, 0.1) is 0 Å². The highest BCUT2D eigenvalue weighted by Gasteiger charge is 2.37. The summed E-state index contributed by atoms with van der Waals surface area (Å²) in [6.45, 7) is 1.72. The first kappa shape index (κ1) is 31.8. The molecule has 9 nitrogen and oxygen atoms in total. The lowest BCUT2D eigenvalue weighted by molar-refractivity contribution is 0.112. The Kier molecular flexibility index (Phi) is 8.66. The molecule has 4 aromatic rings. The van der Waals surface area contributed by atoms with Gasteiger partial charge in [0.25, 0.3) is 0 Å². The number of ether oxygens (including phenoxy) is 6. The van der Waals surface area contributed by atoms with Gasteiger partial charge in [-0.05, 0) is 98.4 Å². The van der Waals surface area contributed by atoms with Gasteiger partial charge in [0.15, 0.2) is 29.3 Å². The normalized spacial score (nSPS) is 18.8. The average molecular weight is 651 g/mol. The maximum Gasteiger partial charge on any atom is 0.208 e. The zero-order valence-electron chi connectivity index (χ0n) is 28.4. The van der Waals surface area contributed by atoms with Crippen molar-refractivity contribution in [2.75, 3.05) is 55.6 Å². The molecule has 0 radical (unpaired) electrons. The fraction of sp³-hybridized carbons (Fsp3) is 0.359. The van der Waals surface area contributed by atoms with Crippen LogP contribution < -0.4 is 28.4 Å². The number of likely N-dealkylation sites (N-methyl/N-ethyl adjacent to an activating group) is 2. The van der Waals surface area contributed by atoms with Crippen molar-refractivity contribution in [3.8, 4) is 46.0 Å². The number of hydrogen-bond donors (Lipinski definition) is 0. The van der Waals surface area contributed by atoms with Gasteiger partial charge in [0, 0.05) is 36.3 Å². The molecule has 0 spiro atoms. The van der Waals surface area contributed by atoms with E-state index in [1.807, 2.05) is 30.3 Å². The molecule has 0 saturated heterocycles. The van der Waals surface area contributed by atoms with E-state index in [0.29, 0.717) is 58.0 Å². The highest BCUT2D eigenvalue weighted by molar-refractivity contribution is 5.80. The molecule has 8 rings (SSSR count). The first-order valence-electron chi connectivity index (χ1n) is 16.4. The Morgan fingerprint density at radius 2 is 1.40 bits per heavy atom. The van der Waals surface area contributed by atoms with Gasteiger partial charge in [-0.25, -0.2) is 0 Å². The molecule has 4 aliphatic heterocycles. The molecule has 4 heterocycles. The Morgan fingerprint density at radius 1 is 0.708 bits per heavy atom. The van der Waals surface area contributed by atoms with Crippen molar-refractivity contribution in [3.63, 3.8) is 0 Å². The number of nitrogens with zero attached hydrogens (tertiary/aromatic N) is 2. The molecular formula is C39H42N2O7. The predicted octanol–water partition coefficient (Wildman–Crippen LogP) is 6.97. The smallest absolute Gasteiger partial charge is 0.208 e. The molecule has 0 aliphatic carbocycles. The minimum absolute atomic E-state index is 0.117. The monoisotopic (exact) mass is 650 g/mol. The van der Waals surface area contributed by atoms with Gasteiger partial charge in [-0.3, -0.25) is 14.6 Å². The van der Waals surface area contributed by atoms with E-state index in [9.17, 15) is 4.79 Å². The first-order valence-corrected chi connectivity index (χ1v) is 16.4. The summed E-state index contributed by atoms with van der Waals surface area (Å²) in [6, 6.07) is 18.2. The van der Waals surface area contributed by atoms with Gasteiger partial charge >= 0.3 is 0 Å². The molecule has 0 aromatic heterocycles. The third-order valence-corrected chi connectivity index (χ3v) is 10.1. The molecule has 48 heavy (non-hydrogen) atoms. The van der Waals surface area contributed by atoms with Crippen molar-refractivity contribution in [3.05, 3.63) is 93.5 Å². The van der Waals surface area contributed by atoms with E-state index in [2.05, 4.69) is 48.2 Å². The minimum Gasteiger partial charge on any atom is -0.493 e. The second-order valence-corrected chi connectivity index (χ2v) is 12.8. The zero-order chi connectivity index (χ0) is 33.5. The summed E-state index contributed by atoms with van der Waals surface area (Å²) >= 11 is 0. The van der Waals surface area contributed by atoms with E-state index in [4.69, 9.17) is 28.4 Å². The summed E-state index contributed by atoms with van der Waals surface area (Å²) in [7, 11) is 10.9. The van der Waals surface area contributed by atoms with Crippen LogP contribution >= 0.6 is 0 Å². The Morgan fingerprint density at radius 3 is 2.10 bits per heavy atom. The summed E-state index contributed by atoms with van der Waals surface area (Å²) < 4.78 is 37.4. The molecule has 250 valence electrons. The van der Waals surface area contributed by atoms with Crippen molar-refractivity contribution in [1.82, 2.24) is 9.80 Å². The molecular weight excluding hydrogens is 608 g/mol. The second kappa shape index (κ2) is 13.1. The van der Waals surface area contributed by atoms with Crippen LogP contribution in [-0.4, -0.2) is 71.7 Å². The largest absolute Gasteiger partial charge is 0.493 e. The third kappa shape index (κ3) is 5.50. The topological polar surface area (TPSA) is 78.9 Å². The van der Waals surface area contributed by atoms with Crippen molar-refractivity contribution >= 4 is 6.29 Å². The van der Waals surface area contributed by atoms with Crippen molar-refractivity contribution in [2.45, 2.75) is 37.8 Å². The van der Waals surface area contributed by atoms with Crippen LogP contribution in [0.15, 0.2) is 54.6 Å². The van der Waals surface area contributed by atoms with Gasteiger partial charge in [0.2, 0.25) is 11.5 Å². The Balaban J connectivity index is 1.50. The number of fused-ring (bicyclic) bond motifs is 2. The zero-order valence-corrected chi connectivity index (χ0v) is 28.4. The fourth-order valence-corrected chi connectivity index (χ4v) is 7.54. The first-order chi connectivity index (χ1) is 23.4. The van der Waals surface area contributed by atoms with E-state index >= 15 is 0 Å². The quantitative estimate of drug-likeness (QED) is 0.213. The summed E-state index contributed by atoms with van der Waals surface area (Å²) in [5, 5.41) is 0. The Hall–Kier alpha value is -4.73. The molecule has 2 atom stereocenters. The van der Waals surface area contributed by atoms with Gasteiger partial charge in [0.1, 0.15) is 11.5 Å². The molecule has 6 bridgehead atoms. The number of carbonyl (C=O) groups excluding carboxylic acids is 1. The molecule has 0 saturated carbocycles. The van der Waals surface area contributed by atoms with Crippen LogP contribution in [0.3, 0.4) is 0 Å². The summed E-state index contributed by atoms with van der Waals surface area (Å²) in [5.41, 5.74) is 7.10. The van der Waals surface area contributed by atoms with Crippen LogP contribution in [-0.2, 0) is 25.7 Å². The van der Waals surface area contributed by atoms with Gasteiger partial charge < -0.3 is 28.4 Å². The Bertz CT molecular complexity index is 1860. The van der Waals surface area contributed by atoms with E-state index in [0.717, 1.165) is 55.3 Å². The molecule has 0 unspecified atom stereocenters.